The predicted octanol–water partition coefficient (Wildman–Crippen LogP) is 1.35. The Morgan fingerprint density at radius 3 is 3.09 bits per heavy atom. The van der Waals surface area contributed by atoms with Crippen LogP contribution in [0, 0.1) is 4.91 Å². The van der Waals surface area contributed by atoms with Crippen molar-refractivity contribution < 1.29 is 4.87 Å². The van der Waals surface area contributed by atoms with E-state index in [1.54, 1.807) is 0 Å². The maximum absolute atomic E-state index is 10.8. The molecule has 0 spiro atoms. The second-order valence-corrected chi connectivity index (χ2v) is 2.62. The summed E-state index contributed by atoms with van der Waals surface area (Å²) in [5, 5.41) is 0. The highest BCUT2D eigenvalue weighted by Crippen LogP contribution is 2.18. The molecule has 0 aromatic heterocycles. The van der Waals surface area contributed by atoms with Gasteiger partial charge in [-0.1, -0.05) is 18.2 Å². The third-order valence-corrected chi connectivity index (χ3v) is 1.85. The van der Waals surface area contributed by atoms with Crippen LogP contribution in [-0.4, -0.2) is 11.4 Å². The second-order valence-electron chi connectivity index (χ2n) is 2.62. The number of benzene rings is 1. The van der Waals surface area contributed by atoms with E-state index in [9.17, 15) is 4.91 Å². The van der Waals surface area contributed by atoms with E-state index in [0.29, 0.717) is 6.54 Å². The molecule has 0 saturated carbocycles. The molecule has 0 bridgehead atoms. The fraction of sp³-hybridized carbons (Fsp3) is 0.250. The maximum Gasteiger partial charge on any atom is 0.229 e. The first-order valence-electron chi connectivity index (χ1n) is 3.65. The Labute approximate surface area is 64.6 Å². The van der Waals surface area contributed by atoms with Crippen LogP contribution in [0.2, 0.25) is 0 Å². The Balaban J connectivity index is 2.41. The lowest BCUT2D eigenvalue weighted by Crippen LogP contribution is -2.24. The van der Waals surface area contributed by atoms with Gasteiger partial charge in [0, 0.05) is 6.42 Å². The van der Waals surface area contributed by atoms with Crippen LogP contribution in [0.15, 0.2) is 24.3 Å². The van der Waals surface area contributed by atoms with Crippen LogP contribution >= 0.6 is 0 Å². The van der Waals surface area contributed by atoms with Crippen molar-refractivity contribution in [1.29, 1.82) is 0 Å². The standard InChI is InChI=1S/C8H9N2O/c11-10-6-5-7-3-1-2-4-8(7)9-10/h1-4H,5-6H2,(H,9,11)/q+1. The van der Waals surface area contributed by atoms with Crippen LogP contribution in [0.3, 0.4) is 0 Å². The molecule has 1 aromatic carbocycles. The van der Waals surface area contributed by atoms with Crippen molar-refractivity contribution in [2.45, 2.75) is 6.42 Å². The van der Waals surface area contributed by atoms with Crippen LogP contribution in [-0.2, 0) is 6.42 Å². The Morgan fingerprint density at radius 2 is 2.18 bits per heavy atom. The van der Waals surface area contributed by atoms with Gasteiger partial charge in [-0.15, -0.1) is 5.43 Å². The minimum absolute atomic E-state index is 0.539. The summed E-state index contributed by atoms with van der Waals surface area (Å²) >= 11 is 0. The van der Waals surface area contributed by atoms with E-state index in [0.717, 1.165) is 17.0 Å². The van der Waals surface area contributed by atoms with Gasteiger partial charge in [0.2, 0.25) is 6.54 Å². The van der Waals surface area contributed by atoms with Crippen molar-refractivity contribution in [3.8, 4) is 0 Å². The highest BCUT2D eigenvalue weighted by molar-refractivity contribution is 5.49. The first-order valence-corrected chi connectivity index (χ1v) is 3.65. The van der Waals surface area contributed by atoms with Gasteiger partial charge >= 0.3 is 0 Å². The van der Waals surface area contributed by atoms with Gasteiger partial charge in [0.15, 0.2) is 0 Å². The summed E-state index contributed by atoms with van der Waals surface area (Å²) in [6.07, 6.45) is 0.840. The monoisotopic (exact) mass is 149 g/mol. The van der Waals surface area contributed by atoms with E-state index >= 15 is 0 Å². The molecule has 3 nitrogen and oxygen atoms in total. The number of hydrogen-bond donors (Lipinski definition) is 1. The molecule has 1 aromatic rings. The number of rotatable bonds is 0. The van der Waals surface area contributed by atoms with Gasteiger partial charge in [-0.2, -0.15) is 0 Å². The first-order chi connectivity index (χ1) is 5.36. The predicted molar refractivity (Wildman–Crippen MR) is 42.3 cm³/mol. The number of para-hydroxylation sites is 1. The molecule has 3 heteroatoms. The lowest BCUT2D eigenvalue weighted by molar-refractivity contribution is -0.520. The minimum Gasteiger partial charge on any atom is -0.120 e. The highest BCUT2D eigenvalue weighted by atomic mass is 16.3. The fourth-order valence-corrected chi connectivity index (χ4v) is 1.26. The molecule has 1 aliphatic heterocycles. The van der Waals surface area contributed by atoms with Gasteiger partial charge in [0.25, 0.3) is 0 Å². The zero-order valence-corrected chi connectivity index (χ0v) is 6.08. The largest absolute Gasteiger partial charge is 0.229 e. The molecule has 0 saturated heterocycles. The molecule has 0 unspecified atom stereocenters. The van der Waals surface area contributed by atoms with Gasteiger partial charge in [-0.25, -0.2) is 0 Å². The van der Waals surface area contributed by atoms with Crippen LogP contribution in [0.5, 0.6) is 0 Å². The molecule has 1 aliphatic rings. The van der Waals surface area contributed by atoms with Crippen molar-refractivity contribution >= 4 is 5.69 Å². The summed E-state index contributed by atoms with van der Waals surface area (Å²) < 4.78 is 0. The topological polar surface area (TPSA) is 32.1 Å². The van der Waals surface area contributed by atoms with Crippen molar-refractivity contribution in [1.82, 2.24) is 0 Å². The molecular weight excluding hydrogens is 140 g/mol. The lowest BCUT2D eigenvalue weighted by atomic mass is 10.1. The van der Waals surface area contributed by atoms with Gasteiger partial charge in [0.05, 0.1) is 4.91 Å². The third kappa shape index (κ3) is 1.09. The normalized spacial score (nSPS) is 15.5. The van der Waals surface area contributed by atoms with E-state index in [1.807, 2.05) is 24.3 Å². The maximum atomic E-state index is 10.8. The summed E-state index contributed by atoms with van der Waals surface area (Å²) in [5.74, 6) is 0. The van der Waals surface area contributed by atoms with Gasteiger partial charge < -0.3 is 0 Å². The third-order valence-electron chi connectivity index (χ3n) is 1.85. The molecule has 0 fully saturated rings. The van der Waals surface area contributed by atoms with Crippen molar-refractivity contribution in [2.75, 3.05) is 12.0 Å². The molecular formula is C8H9N2O+. The number of hydrogen-bond acceptors (Lipinski definition) is 1. The van der Waals surface area contributed by atoms with Crippen molar-refractivity contribution in [2.24, 2.45) is 0 Å². The number of fused-ring (bicyclic) bond motifs is 1. The van der Waals surface area contributed by atoms with Crippen molar-refractivity contribution in [3.05, 3.63) is 34.7 Å². The minimum atomic E-state index is 0.539. The Kier molecular flexibility index (Phi) is 1.35. The van der Waals surface area contributed by atoms with Gasteiger partial charge in [-0.05, 0) is 11.6 Å². The number of nitroso groups, excluding NO2 is 1. The number of hydrazine groups is 1. The summed E-state index contributed by atoms with van der Waals surface area (Å²) in [7, 11) is 0. The quantitative estimate of drug-likeness (QED) is 0.564. The van der Waals surface area contributed by atoms with Gasteiger partial charge in [-0.3, -0.25) is 0 Å². The number of anilines is 1. The highest BCUT2D eigenvalue weighted by Gasteiger charge is 2.18. The van der Waals surface area contributed by atoms with E-state index in [1.165, 1.54) is 5.56 Å². The summed E-state index contributed by atoms with van der Waals surface area (Å²) in [6.45, 7) is 0.539. The molecule has 2 rings (SSSR count). The first kappa shape index (κ1) is 6.34. The Morgan fingerprint density at radius 1 is 1.36 bits per heavy atom. The van der Waals surface area contributed by atoms with E-state index in [2.05, 4.69) is 5.43 Å². The molecule has 0 radical (unpaired) electrons. The Hall–Kier alpha value is -1.38. The van der Waals surface area contributed by atoms with Crippen LogP contribution in [0.1, 0.15) is 5.56 Å². The van der Waals surface area contributed by atoms with E-state index in [4.69, 9.17) is 0 Å². The fourth-order valence-electron chi connectivity index (χ4n) is 1.26. The molecule has 0 amide bonds. The number of nitrogens with zero attached hydrogens (tertiary/aromatic N) is 1. The van der Waals surface area contributed by atoms with Crippen LogP contribution < -0.4 is 5.43 Å². The molecule has 0 aliphatic carbocycles. The smallest absolute Gasteiger partial charge is 0.120 e. The number of nitrogens with one attached hydrogen (secondary N) is 1. The molecule has 1 N–H and O–H groups in total. The summed E-state index contributed by atoms with van der Waals surface area (Å²) in [5.41, 5.74) is 4.90. The van der Waals surface area contributed by atoms with Crippen LogP contribution in [0.25, 0.3) is 0 Å². The van der Waals surface area contributed by atoms with Crippen molar-refractivity contribution in [3.63, 3.8) is 0 Å². The molecule has 1 heterocycles. The van der Waals surface area contributed by atoms with Crippen LogP contribution in [0.4, 0.5) is 5.69 Å². The van der Waals surface area contributed by atoms with Gasteiger partial charge in [0.1, 0.15) is 10.6 Å². The zero-order valence-electron chi connectivity index (χ0n) is 6.08. The second kappa shape index (κ2) is 2.34. The summed E-state index contributed by atoms with van der Waals surface area (Å²) in [4.78, 5) is 11.7. The lowest BCUT2D eigenvalue weighted by Gasteiger charge is -2.08. The van der Waals surface area contributed by atoms with E-state index in [-0.39, 0.29) is 0 Å². The molecule has 56 valence electrons. The average Bonchev–Trinajstić information content (AvgIpc) is 2.04. The van der Waals surface area contributed by atoms with E-state index < -0.39 is 0 Å². The Bertz CT molecular complexity index is 296. The average molecular weight is 149 g/mol. The zero-order chi connectivity index (χ0) is 7.68. The SMILES string of the molecule is O=[N+]1CCc2ccccc2N1. The summed E-state index contributed by atoms with van der Waals surface area (Å²) in [6, 6.07) is 7.86. The molecule has 0 atom stereocenters. The molecule has 11 heavy (non-hydrogen) atoms.